The molecule has 0 bridgehead atoms. The summed E-state index contributed by atoms with van der Waals surface area (Å²) < 4.78 is 62.8. The zero-order chi connectivity index (χ0) is 14.7. The van der Waals surface area contributed by atoms with E-state index < -0.39 is 27.8 Å². The fraction of sp³-hybridized carbons (Fsp3) is 0.455. The Labute approximate surface area is 114 Å². The average Bonchev–Trinajstić information content (AvgIpc) is 2.27. The lowest BCUT2D eigenvalue weighted by atomic mass is 10.1. The first-order valence-corrected chi connectivity index (χ1v) is 7.57. The van der Waals surface area contributed by atoms with Crippen LogP contribution in [0.3, 0.4) is 0 Å². The molecule has 0 aliphatic rings. The summed E-state index contributed by atoms with van der Waals surface area (Å²) >= 11 is 5.33. The van der Waals surface area contributed by atoms with E-state index in [0.717, 1.165) is 12.1 Å². The van der Waals surface area contributed by atoms with E-state index in [2.05, 4.69) is 4.72 Å². The van der Waals surface area contributed by atoms with Gasteiger partial charge in [-0.25, -0.2) is 13.1 Å². The Morgan fingerprint density at radius 3 is 2.53 bits per heavy atom. The Hall–Kier alpha value is -0.790. The maximum absolute atomic E-state index is 12.5. The molecule has 1 N–H and O–H groups in total. The zero-order valence-corrected chi connectivity index (χ0v) is 11.6. The molecule has 0 fully saturated rings. The van der Waals surface area contributed by atoms with Crippen molar-refractivity contribution in [2.24, 2.45) is 0 Å². The normalized spacial score (nSPS) is 14.4. The Bertz CT molecular complexity index is 531. The molecule has 108 valence electrons. The molecule has 0 spiro atoms. The van der Waals surface area contributed by atoms with Gasteiger partial charge in [0.25, 0.3) is 0 Å². The van der Waals surface area contributed by atoms with E-state index in [1.165, 1.54) is 19.1 Å². The third-order valence-corrected chi connectivity index (χ3v) is 4.28. The average molecular weight is 316 g/mol. The van der Waals surface area contributed by atoms with Gasteiger partial charge in [0.2, 0.25) is 10.0 Å². The molecular weight excluding hydrogens is 303 g/mol. The monoisotopic (exact) mass is 315 g/mol. The number of rotatable bonds is 5. The van der Waals surface area contributed by atoms with Crippen molar-refractivity contribution in [2.45, 2.75) is 19.1 Å². The molecule has 0 amide bonds. The first kappa shape index (κ1) is 16.3. The van der Waals surface area contributed by atoms with Crippen molar-refractivity contribution in [1.29, 1.82) is 0 Å². The van der Waals surface area contributed by atoms with E-state index in [4.69, 9.17) is 11.6 Å². The number of hydrogen-bond donors (Lipinski definition) is 1. The van der Waals surface area contributed by atoms with Gasteiger partial charge < -0.3 is 0 Å². The summed E-state index contributed by atoms with van der Waals surface area (Å²) in [6.07, 6.45) is -4.45. The molecular formula is C11H13ClF3NO2S. The van der Waals surface area contributed by atoms with Gasteiger partial charge in [-0.15, -0.1) is 11.6 Å². The van der Waals surface area contributed by atoms with Gasteiger partial charge in [0.15, 0.2) is 0 Å². The minimum absolute atomic E-state index is 0.0787. The molecule has 8 heteroatoms. The molecule has 1 aromatic rings. The number of alkyl halides is 4. The summed E-state index contributed by atoms with van der Waals surface area (Å²) in [6, 6.07) is 3.78. The highest BCUT2D eigenvalue weighted by atomic mass is 35.5. The summed E-state index contributed by atoms with van der Waals surface area (Å²) in [7, 11) is -3.59. The number of hydrogen-bond acceptors (Lipinski definition) is 2. The molecule has 3 nitrogen and oxygen atoms in total. The number of sulfonamides is 1. The van der Waals surface area contributed by atoms with E-state index in [-0.39, 0.29) is 17.2 Å². The summed E-state index contributed by atoms with van der Waals surface area (Å²) in [6.45, 7) is 1.47. The van der Waals surface area contributed by atoms with Crippen LogP contribution in [0.25, 0.3) is 0 Å². The largest absolute Gasteiger partial charge is 0.416 e. The van der Waals surface area contributed by atoms with Crippen LogP contribution in [0.5, 0.6) is 0 Å². The van der Waals surface area contributed by atoms with E-state index in [0.29, 0.717) is 0 Å². The van der Waals surface area contributed by atoms with Crippen molar-refractivity contribution in [2.75, 3.05) is 11.6 Å². The first-order valence-electron chi connectivity index (χ1n) is 5.39. The molecule has 1 atom stereocenters. The molecule has 0 aliphatic carbocycles. The van der Waals surface area contributed by atoms with Gasteiger partial charge in [0.05, 0.1) is 11.3 Å². The third-order valence-electron chi connectivity index (χ3n) is 2.42. The Balaban J connectivity index is 2.92. The van der Waals surface area contributed by atoms with Gasteiger partial charge in [0.1, 0.15) is 0 Å². The van der Waals surface area contributed by atoms with Gasteiger partial charge >= 0.3 is 6.18 Å². The molecule has 0 heterocycles. The fourth-order valence-corrected chi connectivity index (χ4v) is 3.09. The van der Waals surface area contributed by atoms with Gasteiger partial charge in [-0.3, -0.25) is 0 Å². The van der Waals surface area contributed by atoms with E-state index in [1.807, 2.05) is 0 Å². The van der Waals surface area contributed by atoms with Crippen LogP contribution in [0.4, 0.5) is 13.2 Å². The smallest absolute Gasteiger partial charge is 0.212 e. The van der Waals surface area contributed by atoms with Crippen LogP contribution in [0, 0.1) is 0 Å². The summed E-state index contributed by atoms with van der Waals surface area (Å²) in [5, 5.41) is 0. The van der Waals surface area contributed by atoms with Crippen molar-refractivity contribution in [1.82, 2.24) is 4.72 Å². The molecule has 0 aliphatic heterocycles. The summed E-state index contributed by atoms with van der Waals surface area (Å²) in [5.41, 5.74) is -0.568. The van der Waals surface area contributed by atoms with Crippen LogP contribution in [-0.4, -0.2) is 20.1 Å². The van der Waals surface area contributed by atoms with Gasteiger partial charge in [-0.05, 0) is 24.6 Å². The van der Waals surface area contributed by atoms with Crippen LogP contribution in [0.2, 0.25) is 0 Å². The lowest BCUT2D eigenvalue weighted by molar-refractivity contribution is -0.137. The predicted octanol–water partition coefficient (Wildman–Crippen LogP) is 2.92. The van der Waals surface area contributed by atoms with E-state index in [1.54, 1.807) is 0 Å². The quantitative estimate of drug-likeness (QED) is 0.849. The second-order valence-corrected chi connectivity index (χ2v) is 6.22. The number of halogens is 4. The van der Waals surface area contributed by atoms with Crippen LogP contribution in [0.1, 0.15) is 24.1 Å². The standard InChI is InChI=1S/C11H13ClF3NO2S/c1-8(16-19(17,18)6-5-12)9-3-2-4-10(7-9)11(13,14)15/h2-4,7-8,16H,5-6H2,1H3. The third kappa shape index (κ3) is 5.00. The number of nitrogens with one attached hydrogen (secondary N) is 1. The van der Waals surface area contributed by atoms with Gasteiger partial charge in [-0.1, -0.05) is 12.1 Å². The maximum Gasteiger partial charge on any atom is 0.416 e. The summed E-state index contributed by atoms with van der Waals surface area (Å²) in [4.78, 5) is 0. The Morgan fingerprint density at radius 2 is 2.00 bits per heavy atom. The first-order chi connectivity index (χ1) is 8.65. The molecule has 0 radical (unpaired) electrons. The molecule has 19 heavy (non-hydrogen) atoms. The lowest BCUT2D eigenvalue weighted by Gasteiger charge is -2.16. The lowest BCUT2D eigenvalue weighted by Crippen LogP contribution is -2.29. The second kappa shape index (κ2) is 6.11. The molecule has 1 rings (SSSR count). The highest BCUT2D eigenvalue weighted by molar-refractivity contribution is 7.89. The Kier molecular flexibility index (Phi) is 5.23. The van der Waals surface area contributed by atoms with Crippen LogP contribution < -0.4 is 4.72 Å². The summed E-state index contributed by atoms with van der Waals surface area (Å²) in [5.74, 6) is -0.359. The molecule has 0 saturated heterocycles. The van der Waals surface area contributed by atoms with Gasteiger partial charge in [0, 0.05) is 11.9 Å². The van der Waals surface area contributed by atoms with Crippen molar-refractivity contribution in [3.8, 4) is 0 Å². The van der Waals surface area contributed by atoms with Crippen LogP contribution in [0.15, 0.2) is 24.3 Å². The maximum atomic E-state index is 12.5. The molecule has 1 unspecified atom stereocenters. The van der Waals surface area contributed by atoms with Gasteiger partial charge in [-0.2, -0.15) is 13.2 Å². The van der Waals surface area contributed by atoms with E-state index >= 15 is 0 Å². The predicted molar refractivity (Wildman–Crippen MR) is 67.5 cm³/mol. The Morgan fingerprint density at radius 1 is 1.37 bits per heavy atom. The highest BCUT2D eigenvalue weighted by Crippen LogP contribution is 2.30. The van der Waals surface area contributed by atoms with Crippen molar-refractivity contribution in [3.05, 3.63) is 35.4 Å². The molecule has 1 aromatic carbocycles. The minimum atomic E-state index is -4.45. The van der Waals surface area contributed by atoms with Crippen LogP contribution >= 0.6 is 11.6 Å². The fourth-order valence-electron chi connectivity index (χ4n) is 1.48. The van der Waals surface area contributed by atoms with Crippen molar-refractivity contribution >= 4 is 21.6 Å². The SMILES string of the molecule is CC(NS(=O)(=O)CCCl)c1cccc(C(F)(F)F)c1. The van der Waals surface area contributed by atoms with Crippen molar-refractivity contribution < 1.29 is 21.6 Å². The van der Waals surface area contributed by atoms with Crippen molar-refractivity contribution in [3.63, 3.8) is 0 Å². The van der Waals surface area contributed by atoms with Crippen LogP contribution in [-0.2, 0) is 16.2 Å². The minimum Gasteiger partial charge on any atom is -0.212 e. The topological polar surface area (TPSA) is 46.2 Å². The molecule has 0 saturated carbocycles. The zero-order valence-electron chi connectivity index (χ0n) is 10.0. The van der Waals surface area contributed by atoms with E-state index in [9.17, 15) is 21.6 Å². The number of benzene rings is 1. The second-order valence-electron chi connectivity index (χ2n) is 3.97. The highest BCUT2D eigenvalue weighted by Gasteiger charge is 2.30. The molecule has 0 aromatic heterocycles.